The zero-order valence-corrected chi connectivity index (χ0v) is 12.4. The van der Waals surface area contributed by atoms with Gasteiger partial charge in [0, 0.05) is 12.6 Å². The van der Waals surface area contributed by atoms with Crippen LogP contribution in [0.3, 0.4) is 0 Å². The Bertz CT molecular complexity index is 741. The number of carbonyl (C=O) groups excluding carboxylic acids is 1. The molecule has 2 aliphatic rings. The van der Waals surface area contributed by atoms with E-state index in [9.17, 15) is 4.79 Å². The van der Waals surface area contributed by atoms with Gasteiger partial charge >= 0.3 is 0 Å². The minimum atomic E-state index is 0.0139. The second kappa shape index (κ2) is 5.05. The molecule has 1 aliphatic heterocycles. The first-order valence-electron chi connectivity index (χ1n) is 7.48. The van der Waals surface area contributed by atoms with Gasteiger partial charge < -0.3 is 14.4 Å². The third-order valence-corrected chi connectivity index (χ3v) is 4.51. The van der Waals surface area contributed by atoms with Crippen LogP contribution in [0.25, 0.3) is 0 Å². The van der Waals surface area contributed by atoms with Crippen LogP contribution < -0.4 is 9.47 Å². The Balaban J connectivity index is 1.61. The van der Waals surface area contributed by atoms with Gasteiger partial charge in [-0.3, -0.25) is 4.79 Å². The van der Waals surface area contributed by atoms with Crippen LogP contribution in [-0.4, -0.2) is 24.6 Å². The molecule has 1 atom stereocenters. The SMILES string of the molecule is CN(C(=O)c1ccc2c(c1)OCO2)C1CCc2ccccc21. The fraction of sp³-hybridized carbons (Fsp3) is 0.278. The van der Waals surface area contributed by atoms with Gasteiger partial charge in [-0.05, 0) is 42.2 Å². The van der Waals surface area contributed by atoms with Gasteiger partial charge in [0.25, 0.3) is 5.91 Å². The maximum atomic E-state index is 12.8. The molecule has 0 saturated heterocycles. The molecule has 1 heterocycles. The smallest absolute Gasteiger partial charge is 0.254 e. The lowest BCUT2D eigenvalue weighted by Crippen LogP contribution is -2.30. The third-order valence-electron chi connectivity index (χ3n) is 4.51. The molecule has 1 unspecified atom stereocenters. The Kier molecular flexibility index (Phi) is 3.03. The predicted octanol–water partition coefficient (Wildman–Crippen LogP) is 3.17. The van der Waals surface area contributed by atoms with Crippen LogP contribution in [0.15, 0.2) is 42.5 Å². The summed E-state index contributed by atoms with van der Waals surface area (Å²) in [6.07, 6.45) is 2.01. The summed E-state index contributed by atoms with van der Waals surface area (Å²) < 4.78 is 10.7. The first-order valence-corrected chi connectivity index (χ1v) is 7.48. The van der Waals surface area contributed by atoms with Gasteiger partial charge in [0.2, 0.25) is 6.79 Å². The van der Waals surface area contributed by atoms with Crippen molar-refractivity contribution >= 4 is 5.91 Å². The van der Waals surface area contributed by atoms with E-state index in [0.29, 0.717) is 17.1 Å². The standard InChI is InChI=1S/C18H17NO3/c1-19(15-8-6-12-4-2-3-5-14(12)15)18(20)13-7-9-16-17(10-13)22-11-21-16/h2-5,7,9-10,15H,6,8,11H2,1H3. The van der Waals surface area contributed by atoms with Crippen molar-refractivity contribution in [3.8, 4) is 11.5 Å². The average molecular weight is 295 g/mol. The van der Waals surface area contributed by atoms with Crippen molar-refractivity contribution in [1.82, 2.24) is 4.90 Å². The molecule has 4 heteroatoms. The lowest BCUT2D eigenvalue weighted by molar-refractivity contribution is 0.0730. The number of benzene rings is 2. The second-order valence-electron chi connectivity index (χ2n) is 5.74. The van der Waals surface area contributed by atoms with E-state index in [1.54, 1.807) is 18.2 Å². The zero-order valence-electron chi connectivity index (χ0n) is 12.4. The van der Waals surface area contributed by atoms with Crippen molar-refractivity contribution in [3.63, 3.8) is 0 Å². The lowest BCUT2D eigenvalue weighted by Gasteiger charge is -2.25. The molecule has 0 saturated carbocycles. The van der Waals surface area contributed by atoms with Crippen molar-refractivity contribution in [2.75, 3.05) is 13.8 Å². The van der Waals surface area contributed by atoms with Gasteiger partial charge in [-0.2, -0.15) is 0 Å². The van der Waals surface area contributed by atoms with Gasteiger partial charge in [-0.1, -0.05) is 24.3 Å². The first-order chi connectivity index (χ1) is 10.7. The molecule has 0 radical (unpaired) electrons. The number of rotatable bonds is 2. The zero-order chi connectivity index (χ0) is 15.1. The molecule has 0 N–H and O–H groups in total. The maximum Gasteiger partial charge on any atom is 0.254 e. The van der Waals surface area contributed by atoms with E-state index in [4.69, 9.17) is 9.47 Å². The van der Waals surface area contributed by atoms with Crippen molar-refractivity contribution in [2.45, 2.75) is 18.9 Å². The molecule has 0 spiro atoms. The summed E-state index contributed by atoms with van der Waals surface area (Å²) in [5.41, 5.74) is 3.24. The molecule has 2 aromatic rings. The van der Waals surface area contributed by atoms with Gasteiger partial charge in [-0.15, -0.1) is 0 Å². The Hall–Kier alpha value is -2.49. The number of ether oxygens (including phenoxy) is 2. The van der Waals surface area contributed by atoms with E-state index in [1.807, 2.05) is 18.0 Å². The van der Waals surface area contributed by atoms with Crippen LogP contribution in [-0.2, 0) is 6.42 Å². The fourth-order valence-corrected chi connectivity index (χ4v) is 3.31. The molecular formula is C18H17NO3. The largest absolute Gasteiger partial charge is 0.454 e. The van der Waals surface area contributed by atoms with E-state index in [2.05, 4.69) is 18.2 Å². The number of fused-ring (bicyclic) bond motifs is 2. The highest BCUT2D eigenvalue weighted by Gasteiger charge is 2.29. The Morgan fingerprint density at radius 3 is 2.86 bits per heavy atom. The molecular weight excluding hydrogens is 278 g/mol. The number of nitrogens with zero attached hydrogens (tertiary/aromatic N) is 1. The lowest BCUT2D eigenvalue weighted by atomic mass is 10.1. The van der Waals surface area contributed by atoms with Crippen molar-refractivity contribution in [2.24, 2.45) is 0 Å². The van der Waals surface area contributed by atoms with Crippen LogP contribution in [0.4, 0.5) is 0 Å². The van der Waals surface area contributed by atoms with Crippen LogP contribution in [0.1, 0.15) is 33.9 Å². The molecule has 0 aromatic heterocycles. The quantitative estimate of drug-likeness (QED) is 0.854. The number of carbonyl (C=O) groups is 1. The van der Waals surface area contributed by atoms with E-state index < -0.39 is 0 Å². The minimum Gasteiger partial charge on any atom is -0.454 e. The fourth-order valence-electron chi connectivity index (χ4n) is 3.31. The molecule has 1 amide bonds. The number of aryl methyl sites for hydroxylation is 1. The second-order valence-corrected chi connectivity index (χ2v) is 5.74. The Labute approximate surface area is 129 Å². The van der Waals surface area contributed by atoms with E-state index in [-0.39, 0.29) is 18.7 Å². The highest BCUT2D eigenvalue weighted by molar-refractivity contribution is 5.95. The van der Waals surface area contributed by atoms with Crippen LogP contribution in [0.5, 0.6) is 11.5 Å². The van der Waals surface area contributed by atoms with Gasteiger partial charge in [0.05, 0.1) is 6.04 Å². The first kappa shape index (κ1) is 13.2. The van der Waals surface area contributed by atoms with Crippen LogP contribution in [0.2, 0.25) is 0 Å². The molecule has 1 aliphatic carbocycles. The Morgan fingerprint density at radius 1 is 1.14 bits per heavy atom. The van der Waals surface area contributed by atoms with E-state index >= 15 is 0 Å². The number of hydrogen-bond acceptors (Lipinski definition) is 3. The number of hydrogen-bond donors (Lipinski definition) is 0. The molecule has 4 rings (SSSR count). The van der Waals surface area contributed by atoms with Gasteiger partial charge in [-0.25, -0.2) is 0 Å². The normalized spacial score (nSPS) is 18.1. The molecule has 22 heavy (non-hydrogen) atoms. The summed E-state index contributed by atoms with van der Waals surface area (Å²) in [5, 5.41) is 0. The molecule has 0 bridgehead atoms. The number of amides is 1. The summed E-state index contributed by atoms with van der Waals surface area (Å²) in [5.74, 6) is 1.36. The summed E-state index contributed by atoms with van der Waals surface area (Å²) in [6.45, 7) is 0.221. The third kappa shape index (κ3) is 2.03. The molecule has 4 nitrogen and oxygen atoms in total. The van der Waals surface area contributed by atoms with E-state index in [0.717, 1.165) is 12.8 Å². The highest BCUT2D eigenvalue weighted by Crippen LogP contribution is 2.37. The molecule has 0 fully saturated rings. The maximum absolute atomic E-state index is 12.8. The van der Waals surface area contributed by atoms with Crippen LogP contribution >= 0.6 is 0 Å². The van der Waals surface area contributed by atoms with Gasteiger partial charge in [0.15, 0.2) is 11.5 Å². The average Bonchev–Trinajstić information content (AvgIpc) is 3.19. The monoisotopic (exact) mass is 295 g/mol. The predicted molar refractivity (Wildman–Crippen MR) is 82.2 cm³/mol. The summed E-state index contributed by atoms with van der Waals surface area (Å²) >= 11 is 0. The van der Waals surface area contributed by atoms with E-state index in [1.165, 1.54) is 11.1 Å². The summed E-state index contributed by atoms with van der Waals surface area (Å²) in [7, 11) is 1.87. The topological polar surface area (TPSA) is 38.8 Å². The van der Waals surface area contributed by atoms with Crippen molar-refractivity contribution in [3.05, 3.63) is 59.2 Å². The molecule has 2 aromatic carbocycles. The van der Waals surface area contributed by atoms with Crippen molar-refractivity contribution < 1.29 is 14.3 Å². The minimum absolute atomic E-state index is 0.0139. The highest BCUT2D eigenvalue weighted by atomic mass is 16.7. The summed E-state index contributed by atoms with van der Waals surface area (Å²) in [4.78, 5) is 14.6. The van der Waals surface area contributed by atoms with Crippen LogP contribution in [0, 0.1) is 0 Å². The molecule has 112 valence electrons. The van der Waals surface area contributed by atoms with Crippen molar-refractivity contribution in [1.29, 1.82) is 0 Å². The summed E-state index contributed by atoms with van der Waals surface area (Å²) in [6, 6.07) is 13.9. The van der Waals surface area contributed by atoms with Gasteiger partial charge in [0.1, 0.15) is 0 Å². The Morgan fingerprint density at radius 2 is 1.95 bits per heavy atom.